The molecule has 1 heterocycles. The normalized spacial score (nSPS) is 16.2. The number of carbonyl (C=O) groups is 2. The van der Waals surface area contributed by atoms with Gasteiger partial charge in [0.15, 0.2) is 12.4 Å². The highest BCUT2D eigenvalue weighted by Crippen LogP contribution is 2.46. The van der Waals surface area contributed by atoms with E-state index in [-0.39, 0.29) is 31.8 Å². The molecule has 2 aromatic carbocycles. The quantitative estimate of drug-likeness (QED) is 0.350. The molecule has 0 fully saturated rings. The number of para-hydroxylation sites is 1. The molecule has 3 rings (SSSR count). The Hall–Kier alpha value is -2.01. The van der Waals surface area contributed by atoms with E-state index in [4.69, 9.17) is 39.5 Å². The van der Waals surface area contributed by atoms with E-state index in [1.807, 2.05) is 50.1 Å². The van der Waals surface area contributed by atoms with Crippen molar-refractivity contribution in [1.29, 1.82) is 0 Å². The van der Waals surface area contributed by atoms with Crippen LogP contribution in [-0.2, 0) is 14.9 Å². The number of carbonyl (C=O) groups excluding carboxylic acids is 2. The van der Waals surface area contributed by atoms with Gasteiger partial charge < -0.3 is 9.64 Å². The molecule has 28 heavy (non-hydrogen) atoms. The van der Waals surface area contributed by atoms with E-state index in [0.29, 0.717) is 0 Å². The number of nitrogens with zero attached hydrogens (tertiary/aromatic N) is 1. The van der Waals surface area contributed by atoms with Crippen LogP contribution in [0.15, 0.2) is 48.2 Å². The molecule has 0 unspecified atom stereocenters. The first-order valence-electron chi connectivity index (χ1n) is 8.53. The van der Waals surface area contributed by atoms with Crippen molar-refractivity contribution in [3.05, 3.63) is 74.4 Å². The van der Waals surface area contributed by atoms with Crippen LogP contribution in [0.3, 0.4) is 0 Å². The van der Waals surface area contributed by atoms with Crippen molar-refractivity contribution in [2.24, 2.45) is 0 Å². The Kier molecular flexibility index (Phi) is 5.76. The van der Waals surface area contributed by atoms with Crippen LogP contribution in [-0.4, -0.2) is 25.4 Å². The number of rotatable bonds is 4. The number of likely N-dealkylation sites (N-methyl/N-ethyl adjacent to an activating group) is 1. The molecule has 0 saturated heterocycles. The molecule has 0 amide bonds. The highest BCUT2D eigenvalue weighted by molar-refractivity contribution is 6.46. The van der Waals surface area contributed by atoms with Gasteiger partial charge in [0.25, 0.3) is 0 Å². The van der Waals surface area contributed by atoms with Crippen LogP contribution < -0.4 is 4.90 Å². The summed E-state index contributed by atoms with van der Waals surface area (Å²) in [6, 6.07) is 10.9. The van der Waals surface area contributed by atoms with Gasteiger partial charge in [0, 0.05) is 29.9 Å². The Balaban J connectivity index is 1.77. The number of benzene rings is 2. The van der Waals surface area contributed by atoms with Crippen LogP contribution in [0.25, 0.3) is 0 Å². The number of ether oxygens (including phenoxy) is 1. The lowest BCUT2D eigenvalue weighted by atomic mass is 9.83. The van der Waals surface area contributed by atoms with E-state index in [1.165, 1.54) is 18.2 Å². The van der Waals surface area contributed by atoms with Gasteiger partial charge in [0.2, 0.25) is 0 Å². The molecule has 7 heteroatoms. The molecule has 0 spiro atoms. The Morgan fingerprint density at radius 1 is 1.07 bits per heavy atom. The number of esters is 1. The smallest absolute Gasteiger partial charge is 0.341 e. The fourth-order valence-corrected chi connectivity index (χ4v) is 4.06. The minimum atomic E-state index is -0.799. The van der Waals surface area contributed by atoms with Crippen LogP contribution in [0.1, 0.15) is 29.8 Å². The monoisotopic (exact) mass is 437 g/mol. The number of hydrogen-bond donors (Lipinski definition) is 0. The molecule has 1 aliphatic heterocycles. The predicted molar refractivity (Wildman–Crippen MR) is 113 cm³/mol. The van der Waals surface area contributed by atoms with Crippen molar-refractivity contribution >= 4 is 52.2 Å². The fourth-order valence-electron chi connectivity index (χ4n) is 3.38. The number of ketones is 1. The number of halogens is 3. The maximum absolute atomic E-state index is 12.5. The van der Waals surface area contributed by atoms with Crippen LogP contribution in [0.5, 0.6) is 0 Å². The predicted octanol–water partition coefficient (Wildman–Crippen LogP) is 5.68. The minimum absolute atomic E-state index is 0.00270. The first-order valence-corrected chi connectivity index (χ1v) is 9.67. The summed E-state index contributed by atoms with van der Waals surface area (Å²) in [5.41, 5.74) is 2.60. The van der Waals surface area contributed by atoms with E-state index in [0.717, 1.165) is 16.9 Å². The van der Waals surface area contributed by atoms with Crippen LogP contribution in [0.2, 0.25) is 15.1 Å². The summed E-state index contributed by atoms with van der Waals surface area (Å²) in [5.74, 6) is -1.14. The molecule has 146 valence electrons. The zero-order valence-corrected chi connectivity index (χ0v) is 17.8. The van der Waals surface area contributed by atoms with Gasteiger partial charge in [0.1, 0.15) is 0 Å². The van der Waals surface area contributed by atoms with Crippen molar-refractivity contribution in [2.45, 2.75) is 19.3 Å². The maximum atomic E-state index is 12.5. The lowest BCUT2D eigenvalue weighted by molar-refractivity contribution is -0.117. The van der Waals surface area contributed by atoms with E-state index in [2.05, 4.69) is 0 Å². The number of fused-ring (bicyclic) bond motifs is 1. The largest absolute Gasteiger partial charge is 0.454 e. The summed E-state index contributed by atoms with van der Waals surface area (Å²) in [6.45, 7) is 3.67. The Morgan fingerprint density at radius 2 is 1.71 bits per heavy atom. The third-order valence-electron chi connectivity index (χ3n) is 4.83. The van der Waals surface area contributed by atoms with E-state index in [1.54, 1.807) is 0 Å². The second-order valence-corrected chi connectivity index (χ2v) is 8.18. The van der Waals surface area contributed by atoms with Crippen molar-refractivity contribution < 1.29 is 14.3 Å². The first-order chi connectivity index (χ1) is 13.1. The second-order valence-electron chi connectivity index (χ2n) is 6.99. The van der Waals surface area contributed by atoms with Crippen LogP contribution >= 0.6 is 34.8 Å². The third kappa shape index (κ3) is 3.64. The van der Waals surface area contributed by atoms with Gasteiger partial charge >= 0.3 is 5.97 Å². The zero-order valence-electron chi connectivity index (χ0n) is 15.6. The van der Waals surface area contributed by atoms with Gasteiger partial charge in [-0.3, -0.25) is 4.79 Å². The molecular formula is C21H18Cl3NO3. The average molecular weight is 439 g/mol. The summed E-state index contributed by atoms with van der Waals surface area (Å²) in [4.78, 5) is 26.8. The molecule has 0 radical (unpaired) electrons. The average Bonchev–Trinajstić information content (AvgIpc) is 2.84. The van der Waals surface area contributed by atoms with Gasteiger partial charge in [0.05, 0.1) is 20.6 Å². The SMILES string of the molecule is CN1C(=CC(=O)COC(=O)c2c(Cl)ccc(Cl)c2Cl)C(C)(C)c2ccccc21. The molecule has 0 saturated carbocycles. The van der Waals surface area contributed by atoms with Crippen molar-refractivity contribution in [3.63, 3.8) is 0 Å². The van der Waals surface area contributed by atoms with Crippen LogP contribution in [0.4, 0.5) is 5.69 Å². The topological polar surface area (TPSA) is 46.6 Å². The van der Waals surface area contributed by atoms with E-state index >= 15 is 0 Å². The zero-order chi connectivity index (χ0) is 20.6. The molecule has 0 aliphatic carbocycles. The lowest BCUT2D eigenvalue weighted by Gasteiger charge is -2.23. The summed E-state index contributed by atoms with van der Waals surface area (Å²) in [5, 5.41) is 0.285. The summed E-state index contributed by atoms with van der Waals surface area (Å²) in [7, 11) is 1.91. The van der Waals surface area contributed by atoms with Crippen molar-refractivity contribution in [3.8, 4) is 0 Å². The third-order valence-corrected chi connectivity index (χ3v) is 5.95. The standard InChI is InChI=1S/C21H18Cl3NO3/c1-21(2)13-6-4-5-7-16(13)25(3)17(21)10-12(26)11-28-20(27)18-14(22)8-9-15(23)19(18)24/h4-10H,11H2,1-3H3. The number of allylic oxidation sites excluding steroid dienone is 1. The molecule has 0 atom stereocenters. The van der Waals surface area contributed by atoms with Crippen molar-refractivity contribution in [1.82, 2.24) is 0 Å². The highest BCUT2D eigenvalue weighted by Gasteiger charge is 2.38. The van der Waals surface area contributed by atoms with Gasteiger partial charge in [-0.05, 0) is 23.8 Å². The van der Waals surface area contributed by atoms with Gasteiger partial charge in [-0.25, -0.2) is 4.79 Å². The Morgan fingerprint density at radius 3 is 2.39 bits per heavy atom. The van der Waals surface area contributed by atoms with E-state index in [9.17, 15) is 9.59 Å². The number of hydrogen-bond acceptors (Lipinski definition) is 4. The molecular weight excluding hydrogens is 421 g/mol. The molecule has 0 aromatic heterocycles. The van der Waals surface area contributed by atoms with E-state index < -0.39 is 12.6 Å². The molecule has 1 aliphatic rings. The minimum Gasteiger partial charge on any atom is -0.454 e. The molecule has 4 nitrogen and oxygen atoms in total. The number of anilines is 1. The van der Waals surface area contributed by atoms with Gasteiger partial charge in [-0.1, -0.05) is 66.8 Å². The molecule has 0 N–H and O–H groups in total. The van der Waals surface area contributed by atoms with Crippen LogP contribution in [0, 0.1) is 0 Å². The summed E-state index contributed by atoms with van der Waals surface area (Å²) < 4.78 is 5.12. The van der Waals surface area contributed by atoms with Gasteiger partial charge in [-0.15, -0.1) is 0 Å². The van der Waals surface area contributed by atoms with Gasteiger partial charge in [-0.2, -0.15) is 0 Å². The molecule has 0 bridgehead atoms. The fraction of sp³-hybridized carbons (Fsp3) is 0.238. The second kappa shape index (κ2) is 7.78. The summed E-state index contributed by atoms with van der Waals surface area (Å²) in [6.07, 6.45) is 1.51. The maximum Gasteiger partial charge on any atom is 0.341 e. The van der Waals surface area contributed by atoms with Crippen molar-refractivity contribution in [2.75, 3.05) is 18.6 Å². The molecule has 2 aromatic rings. The highest BCUT2D eigenvalue weighted by atomic mass is 35.5. The summed E-state index contributed by atoms with van der Waals surface area (Å²) >= 11 is 18.0. The Labute approximate surface area is 178 Å². The Bertz CT molecular complexity index is 998. The lowest BCUT2D eigenvalue weighted by Crippen LogP contribution is -2.25. The first kappa shape index (κ1) is 20.7.